The first-order valence-electron chi connectivity index (χ1n) is 15.2. The van der Waals surface area contributed by atoms with Crippen LogP contribution in [0.2, 0.25) is 0 Å². The fraction of sp³-hybridized carbons (Fsp3) is 0. The first kappa shape index (κ1) is 23.0. The zero-order valence-electron chi connectivity index (χ0n) is 24.3. The number of fused-ring (bicyclic) bond motifs is 4. The summed E-state index contributed by atoms with van der Waals surface area (Å²) in [6, 6.07) is 53.7. The molecule has 0 spiro atoms. The number of hydrogen-bond acceptors (Lipinski definition) is 1. The van der Waals surface area contributed by atoms with Crippen LogP contribution in [-0.4, -0.2) is 0 Å². The molecule has 1 heterocycles. The molecule has 0 aliphatic carbocycles. The van der Waals surface area contributed by atoms with Gasteiger partial charge in [-0.1, -0.05) is 140 Å². The standard InChI is InChI=1S/C42H26O/c1-2-12-27(13-3-1)30-16-4-5-17-31(30)42-34-20-8-6-18-32(34)40(33-19-7-9-21-35(33)42)29-24-25-38-37(26-29)36-22-10-14-28-15-11-23-39(43-38)41(28)36/h1-26H/i18D. The highest BCUT2D eigenvalue weighted by atomic mass is 16.5. The molecule has 9 rings (SSSR count). The first-order chi connectivity index (χ1) is 21.8. The maximum Gasteiger partial charge on any atom is 0.135 e. The van der Waals surface area contributed by atoms with Gasteiger partial charge in [0, 0.05) is 10.9 Å². The summed E-state index contributed by atoms with van der Waals surface area (Å²) < 4.78 is 15.7. The minimum atomic E-state index is 0.517. The molecule has 0 aromatic heterocycles. The van der Waals surface area contributed by atoms with Crippen molar-refractivity contribution in [3.8, 4) is 56.0 Å². The lowest BCUT2D eigenvalue weighted by molar-refractivity contribution is 0.487. The smallest absolute Gasteiger partial charge is 0.135 e. The van der Waals surface area contributed by atoms with Crippen LogP contribution in [0.15, 0.2) is 158 Å². The van der Waals surface area contributed by atoms with E-state index < -0.39 is 0 Å². The summed E-state index contributed by atoms with van der Waals surface area (Å²) in [5.41, 5.74) is 9.09. The van der Waals surface area contributed by atoms with Crippen molar-refractivity contribution >= 4 is 32.3 Å². The van der Waals surface area contributed by atoms with E-state index in [9.17, 15) is 1.37 Å². The van der Waals surface area contributed by atoms with Crippen molar-refractivity contribution in [1.29, 1.82) is 0 Å². The molecule has 8 aromatic carbocycles. The second-order valence-corrected chi connectivity index (χ2v) is 11.1. The van der Waals surface area contributed by atoms with Crippen LogP contribution < -0.4 is 4.74 Å². The van der Waals surface area contributed by atoms with Crippen LogP contribution in [-0.2, 0) is 0 Å². The van der Waals surface area contributed by atoms with E-state index in [1.165, 1.54) is 33.0 Å². The summed E-state index contributed by atoms with van der Waals surface area (Å²) in [5.74, 6) is 1.75. The van der Waals surface area contributed by atoms with E-state index >= 15 is 0 Å². The third-order valence-electron chi connectivity index (χ3n) is 8.77. The Morgan fingerprint density at radius 3 is 1.88 bits per heavy atom. The van der Waals surface area contributed by atoms with Gasteiger partial charge in [0.1, 0.15) is 11.5 Å². The molecule has 200 valence electrons. The van der Waals surface area contributed by atoms with Crippen molar-refractivity contribution in [3.63, 3.8) is 0 Å². The van der Waals surface area contributed by atoms with Crippen molar-refractivity contribution in [3.05, 3.63) is 158 Å². The summed E-state index contributed by atoms with van der Waals surface area (Å²) in [4.78, 5) is 0. The van der Waals surface area contributed by atoms with Gasteiger partial charge in [-0.15, -0.1) is 0 Å². The molecule has 0 saturated heterocycles. The van der Waals surface area contributed by atoms with E-state index in [0.717, 1.165) is 55.3 Å². The van der Waals surface area contributed by atoms with Crippen molar-refractivity contribution in [2.24, 2.45) is 0 Å². The molecule has 0 saturated carbocycles. The monoisotopic (exact) mass is 547 g/mol. The molecule has 0 fully saturated rings. The number of benzene rings is 8. The van der Waals surface area contributed by atoms with E-state index in [0.29, 0.717) is 6.04 Å². The average Bonchev–Trinajstić information content (AvgIpc) is 3.08. The molecule has 0 unspecified atom stereocenters. The number of hydrogen-bond donors (Lipinski definition) is 0. The average molecular weight is 548 g/mol. The summed E-state index contributed by atoms with van der Waals surface area (Å²) in [7, 11) is 0. The Kier molecular flexibility index (Phi) is 5.04. The molecule has 0 radical (unpaired) electrons. The van der Waals surface area contributed by atoms with Crippen LogP contribution in [0.5, 0.6) is 11.5 Å². The van der Waals surface area contributed by atoms with Gasteiger partial charge in [-0.3, -0.25) is 0 Å². The van der Waals surface area contributed by atoms with Crippen LogP contribution in [0.1, 0.15) is 1.37 Å². The summed E-state index contributed by atoms with van der Waals surface area (Å²) in [6.45, 7) is 0. The zero-order valence-corrected chi connectivity index (χ0v) is 23.3. The third kappa shape index (κ3) is 3.65. The molecule has 0 atom stereocenters. The van der Waals surface area contributed by atoms with Gasteiger partial charge < -0.3 is 4.74 Å². The van der Waals surface area contributed by atoms with Crippen LogP contribution in [0, 0.1) is 0 Å². The topological polar surface area (TPSA) is 9.23 Å². The molecule has 43 heavy (non-hydrogen) atoms. The van der Waals surface area contributed by atoms with Crippen molar-refractivity contribution < 1.29 is 6.11 Å². The zero-order chi connectivity index (χ0) is 29.2. The fourth-order valence-corrected chi connectivity index (χ4v) is 6.93. The second-order valence-electron chi connectivity index (χ2n) is 11.1. The molecule has 1 aliphatic heterocycles. The molecule has 0 N–H and O–H groups in total. The Labute approximate surface area is 251 Å². The quantitative estimate of drug-likeness (QED) is 0.200. The second kappa shape index (κ2) is 9.44. The van der Waals surface area contributed by atoms with Crippen molar-refractivity contribution in [2.45, 2.75) is 0 Å². The highest BCUT2D eigenvalue weighted by Gasteiger charge is 2.23. The highest BCUT2D eigenvalue weighted by Crippen LogP contribution is 2.50. The lowest BCUT2D eigenvalue weighted by Gasteiger charge is -2.23. The Morgan fingerprint density at radius 2 is 1.05 bits per heavy atom. The maximum absolute atomic E-state index is 9.26. The maximum atomic E-state index is 9.26. The minimum Gasteiger partial charge on any atom is -0.456 e. The Bertz CT molecular complexity index is 2420. The largest absolute Gasteiger partial charge is 0.456 e. The molecule has 0 bridgehead atoms. The van der Waals surface area contributed by atoms with Gasteiger partial charge in [-0.05, 0) is 84.1 Å². The number of rotatable bonds is 3. The molecule has 8 aromatic rings. The van der Waals surface area contributed by atoms with Crippen LogP contribution in [0.3, 0.4) is 0 Å². The lowest BCUT2D eigenvalue weighted by Crippen LogP contribution is -1.98. The van der Waals surface area contributed by atoms with Gasteiger partial charge in [0.25, 0.3) is 0 Å². The molecule has 1 nitrogen and oxygen atoms in total. The predicted molar refractivity (Wildman–Crippen MR) is 181 cm³/mol. The van der Waals surface area contributed by atoms with Gasteiger partial charge >= 0.3 is 0 Å². The fourth-order valence-electron chi connectivity index (χ4n) is 6.93. The molecule has 1 heteroatoms. The normalized spacial score (nSPS) is 12.2. The lowest BCUT2D eigenvalue weighted by atomic mass is 9.83. The summed E-state index contributed by atoms with van der Waals surface area (Å²) in [6.07, 6.45) is 0. The third-order valence-corrected chi connectivity index (χ3v) is 8.77. The first-order valence-corrected chi connectivity index (χ1v) is 14.7. The Balaban J connectivity index is 1.37. The minimum absolute atomic E-state index is 0.517. The van der Waals surface area contributed by atoms with E-state index in [-0.39, 0.29) is 0 Å². The predicted octanol–water partition coefficient (Wildman–Crippen LogP) is 11.9. The van der Waals surface area contributed by atoms with Crippen LogP contribution in [0.4, 0.5) is 0 Å². The summed E-state index contributed by atoms with van der Waals surface area (Å²) >= 11 is 0. The SMILES string of the molecule is [2H]c1cccc2c(-c3ccccc3-c3ccccc3)c3ccccc3c(-c3ccc4c(c3)-c3cccc5cccc(c35)O4)c12. The molecular formula is C42H26O. The van der Waals surface area contributed by atoms with E-state index in [1.54, 1.807) is 0 Å². The molecule has 1 aliphatic rings. The Morgan fingerprint density at radius 1 is 0.395 bits per heavy atom. The molecular weight excluding hydrogens is 520 g/mol. The molecule has 0 amide bonds. The summed E-state index contributed by atoms with van der Waals surface area (Å²) in [5, 5.41) is 6.65. The van der Waals surface area contributed by atoms with Crippen molar-refractivity contribution in [2.75, 3.05) is 0 Å². The van der Waals surface area contributed by atoms with Gasteiger partial charge in [0.05, 0.1) is 1.37 Å². The van der Waals surface area contributed by atoms with E-state index in [2.05, 4.69) is 127 Å². The van der Waals surface area contributed by atoms with Crippen LogP contribution >= 0.6 is 0 Å². The van der Waals surface area contributed by atoms with Gasteiger partial charge in [0.15, 0.2) is 0 Å². The van der Waals surface area contributed by atoms with Gasteiger partial charge in [-0.2, -0.15) is 0 Å². The number of ether oxygens (including phenoxy) is 1. The van der Waals surface area contributed by atoms with E-state index in [1.807, 2.05) is 24.3 Å². The van der Waals surface area contributed by atoms with Gasteiger partial charge in [-0.25, -0.2) is 0 Å². The van der Waals surface area contributed by atoms with Gasteiger partial charge in [0.2, 0.25) is 0 Å². The van der Waals surface area contributed by atoms with Crippen molar-refractivity contribution in [1.82, 2.24) is 0 Å². The highest BCUT2D eigenvalue weighted by molar-refractivity contribution is 6.22. The van der Waals surface area contributed by atoms with Crippen LogP contribution in [0.25, 0.3) is 76.8 Å². The van der Waals surface area contributed by atoms with E-state index in [4.69, 9.17) is 4.74 Å². The Hall–Kier alpha value is -5.66.